The zero-order valence-corrected chi connectivity index (χ0v) is 14.9. The number of fused-ring (bicyclic) bond motifs is 5. The molecule has 2 bridgehead atoms. The number of halogens is 3. The molecule has 1 atom stereocenters. The summed E-state index contributed by atoms with van der Waals surface area (Å²) < 4.78 is 47.6. The molecule has 3 N–H and O–H groups in total. The molecule has 2 aromatic carbocycles. The van der Waals surface area contributed by atoms with E-state index in [4.69, 9.17) is 5.11 Å². The molecule has 0 spiro atoms. The molecule has 0 aromatic heterocycles. The number of esters is 2. The Kier molecular flexibility index (Phi) is 4.81. The van der Waals surface area contributed by atoms with Gasteiger partial charge in [0.25, 0.3) is 0 Å². The van der Waals surface area contributed by atoms with E-state index >= 15 is 0 Å². The van der Waals surface area contributed by atoms with E-state index in [1.165, 1.54) is 0 Å². The molecular formula is C19H9F3O9. The molecule has 0 saturated carbocycles. The minimum atomic E-state index is -5.56. The SMILES string of the molecule is O=C(O)c1ccc(C2(C(F)(F)F)C(=O)OC(=O)c3ccc2cc3C(=O)O)cc1C(=O)O. The van der Waals surface area contributed by atoms with Crippen molar-refractivity contribution in [2.75, 3.05) is 0 Å². The van der Waals surface area contributed by atoms with Crippen LogP contribution in [0.1, 0.15) is 52.6 Å². The molecule has 160 valence electrons. The lowest BCUT2D eigenvalue weighted by Gasteiger charge is -2.35. The number of benzene rings is 2. The molecule has 12 heteroatoms. The summed E-state index contributed by atoms with van der Waals surface area (Å²) in [5.74, 6) is -9.22. The molecule has 0 saturated heterocycles. The van der Waals surface area contributed by atoms with Crippen LogP contribution < -0.4 is 0 Å². The Morgan fingerprint density at radius 1 is 0.774 bits per heavy atom. The van der Waals surface area contributed by atoms with Gasteiger partial charge in [0, 0.05) is 0 Å². The molecule has 0 fully saturated rings. The highest BCUT2D eigenvalue weighted by Crippen LogP contribution is 2.49. The van der Waals surface area contributed by atoms with Gasteiger partial charge in [-0.15, -0.1) is 0 Å². The zero-order valence-electron chi connectivity index (χ0n) is 14.9. The van der Waals surface area contributed by atoms with Crippen molar-refractivity contribution in [3.05, 3.63) is 69.8 Å². The van der Waals surface area contributed by atoms with E-state index in [0.717, 1.165) is 6.07 Å². The van der Waals surface area contributed by atoms with Crippen LogP contribution in [0, 0.1) is 0 Å². The fourth-order valence-corrected chi connectivity index (χ4v) is 3.33. The Balaban J connectivity index is 2.48. The molecule has 2 aliphatic rings. The highest BCUT2D eigenvalue weighted by atomic mass is 19.4. The van der Waals surface area contributed by atoms with E-state index in [9.17, 15) is 47.4 Å². The van der Waals surface area contributed by atoms with E-state index in [0.29, 0.717) is 30.3 Å². The predicted molar refractivity (Wildman–Crippen MR) is 91.0 cm³/mol. The van der Waals surface area contributed by atoms with Crippen molar-refractivity contribution in [2.24, 2.45) is 0 Å². The van der Waals surface area contributed by atoms with Crippen molar-refractivity contribution in [3.8, 4) is 0 Å². The van der Waals surface area contributed by atoms with E-state index < -0.39 is 74.8 Å². The smallest absolute Gasteiger partial charge is 0.412 e. The Morgan fingerprint density at radius 3 is 1.74 bits per heavy atom. The monoisotopic (exact) mass is 438 g/mol. The van der Waals surface area contributed by atoms with Crippen LogP contribution in [0.15, 0.2) is 36.4 Å². The Bertz CT molecular complexity index is 1180. The molecule has 2 heterocycles. The average molecular weight is 438 g/mol. The molecule has 9 nitrogen and oxygen atoms in total. The van der Waals surface area contributed by atoms with Crippen LogP contribution in [0.3, 0.4) is 0 Å². The van der Waals surface area contributed by atoms with Gasteiger partial charge in [0.15, 0.2) is 0 Å². The largest absolute Gasteiger partial charge is 0.478 e. The van der Waals surface area contributed by atoms with Crippen molar-refractivity contribution in [2.45, 2.75) is 11.6 Å². The first-order valence-corrected chi connectivity index (χ1v) is 8.14. The van der Waals surface area contributed by atoms with Crippen LogP contribution >= 0.6 is 0 Å². The number of carboxylic acid groups (broad SMARTS) is 3. The molecule has 0 amide bonds. The maximum atomic E-state index is 14.4. The lowest BCUT2D eigenvalue weighted by molar-refractivity contribution is -0.196. The van der Waals surface area contributed by atoms with Crippen LogP contribution in [0.4, 0.5) is 13.2 Å². The van der Waals surface area contributed by atoms with E-state index in [1.807, 2.05) is 0 Å². The van der Waals surface area contributed by atoms with Crippen molar-refractivity contribution in [1.29, 1.82) is 0 Å². The highest BCUT2D eigenvalue weighted by Gasteiger charge is 2.65. The number of carboxylic acids is 3. The van der Waals surface area contributed by atoms with Crippen molar-refractivity contribution >= 4 is 29.8 Å². The molecule has 0 aliphatic carbocycles. The molecule has 2 aliphatic heterocycles. The number of hydrogen-bond donors (Lipinski definition) is 3. The third-order valence-corrected chi connectivity index (χ3v) is 4.73. The molecule has 0 radical (unpaired) electrons. The standard InChI is InChI=1S/C19H9F3O9/c20-19(21,22)18(7-1-3-9(13(23)24)11(5-7)14(25)26)8-2-4-10(12(6-8)15(27)28)16(29)31-17(18)30/h1-6H,(H,23,24)(H,25,26)(H,27,28). The maximum absolute atomic E-state index is 14.4. The van der Waals surface area contributed by atoms with Gasteiger partial charge in [-0.25, -0.2) is 24.0 Å². The second-order valence-electron chi connectivity index (χ2n) is 6.36. The lowest BCUT2D eigenvalue weighted by Crippen LogP contribution is -2.52. The lowest BCUT2D eigenvalue weighted by atomic mass is 9.71. The summed E-state index contributed by atoms with van der Waals surface area (Å²) in [7, 11) is 0. The summed E-state index contributed by atoms with van der Waals surface area (Å²) in [5.41, 5.74) is -9.30. The summed E-state index contributed by atoms with van der Waals surface area (Å²) in [6, 6.07) is 3.31. The molecule has 4 rings (SSSR count). The minimum absolute atomic E-state index is 0.320. The Hall–Kier alpha value is -4.22. The topological polar surface area (TPSA) is 155 Å². The third kappa shape index (κ3) is 3.08. The molecular weight excluding hydrogens is 429 g/mol. The van der Waals surface area contributed by atoms with Gasteiger partial charge >= 0.3 is 36.0 Å². The molecule has 1 unspecified atom stereocenters. The van der Waals surface area contributed by atoms with Gasteiger partial charge in [0.2, 0.25) is 5.41 Å². The predicted octanol–water partition coefficient (Wildman–Crippen LogP) is 2.33. The Labute approximate surface area is 169 Å². The zero-order chi connectivity index (χ0) is 23.3. The van der Waals surface area contributed by atoms with E-state index in [2.05, 4.69) is 4.74 Å². The van der Waals surface area contributed by atoms with Crippen LogP contribution in [-0.4, -0.2) is 51.3 Å². The number of rotatable bonds is 4. The number of alkyl halides is 3. The van der Waals surface area contributed by atoms with Crippen LogP contribution in [0.25, 0.3) is 0 Å². The fraction of sp³-hybridized carbons (Fsp3) is 0.105. The van der Waals surface area contributed by atoms with Gasteiger partial charge in [0.1, 0.15) is 0 Å². The van der Waals surface area contributed by atoms with Gasteiger partial charge in [-0.3, -0.25) is 0 Å². The average Bonchev–Trinajstić information content (AvgIpc) is 2.65. The van der Waals surface area contributed by atoms with E-state index in [-0.39, 0.29) is 0 Å². The summed E-state index contributed by atoms with van der Waals surface area (Å²) in [6.07, 6.45) is -5.56. The van der Waals surface area contributed by atoms with Gasteiger partial charge in [-0.05, 0) is 35.4 Å². The van der Waals surface area contributed by atoms with Crippen LogP contribution in [0.2, 0.25) is 0 Å². The van der Waals surface area contributed by atoms with Crippen molar-refractivity contribution in [1.82, 2.24) is 0 Å². The first kappa shape index (κ1) is 21.5. The van der Waals surface area contributed by atoms with Crippen molar-refractivity contribution in [3.63, 3.8) is 0 Å². The Morgan fingerprint density at radius 2 is 1.26 bits per heavy atom. The first-order valence-electron chi connectivity index (χ1n) is 8.14. The molecule has 2 aromatic rings. The number of hydrogen-bond acceptors (Lipinski definition) is 6. The van der Waals surface area contributed by atoms with Gasteiger partial charge in [-0.2, -0.15) is 13.2 Å². The second-order valence-corrected chi connectivity index (χ2v) is 6.36. The third-order valence-electron chi connectivity index (χ3n) is 4.73. The number of aromatic carboxylic acids is 3. The quantitative estimate of drug-likeness (QED) is 0.482. The number of carbonyl (C=O) groups excluding carboxylic acids is 2. The van der Waals surface area contributed by atoms with Crippen LogP contribution in [-0.2, 0) is 14.9 Å². The number of carbonyl (C=O) groups is 5. The summed E-state index contributed by atoms with van der Waals surface area (Å²) in [4.78, 5) is 58.9. The summed E-state index contributed by atoms with van der Waals surface area (Å²) in [6.45, 7) is 0. The van der Waals surface area contributed by atoms with Crippen LogP contribution in [0.5, 0.6) is 0 Å². The fourth-order valence-electron chi connectivity index (χ4n) is 3.33. The maximum Gasteiger partial charge on any atom is 0.412 e. The highest BCUT2D eigenvalue weighted by molar-refractivity contribution is 6.09. The first-order chi connectivity index (χ1) is 14.3. The van der Waals surface area contributed by atoms with E-state index in [1.54, 1.807) is 0 Å². The van der Waals surface area contributed by atoms with Gasteiger partial charge in [-0.1, -0.05) is 12.1 Å². The molecule has 31 heavy (non-hydrogen) atoms. The summed E-state index contributed by atoms with van der Waals surface area (Å²) >= 11 is 0. The van der Waals surface area contributed by atoms with Crippen molar-refractivity contribution < 1.29 is 57.2 Å². The minimum Gasteiger partial charge on any atom is -0.478 e. The summed E-state index contributed by atoms with van der Waals surface area (Å²) in [5, 5.41) is 27.6. The van der Waals surface area contributed by atoms with Gasteiger partial charge in [0.05, 0.1) is 22.3 Å². The van der Waals surface area contributed by atoms with Gasteiger partial charge < -0.3 is 20.1 Å². The normalized spacial score (nSPS) is 18.2. The second kappa shape index (κ2) is 6.93. The number of ether oxygens (including phenoxy) is 1.